The predicted octanol–water partition coefficient (Wildman–Crippen LogP) is 1.65. The van der Waals surface area contributed by atoms with Crippen LogP contribution in [0.3, 0.4) is 0 Å². The van der Waals surface area contributed by atoms with Crippen molar-refractivity contribution < 1.29 is 9.90 Å². The predicted molar refractivity (Wildman–Crippen MR) is 49.5 cm³/mol. The van der Waals surface area contributed by atoms with Crippen LogP contribution in [0.1, 0.15) is 22.8 Å². The zero-order valence-electron chi connectivity index (χ0n) is 7.32. The Morgan fingerprint density at radius 3 is 2.69 bits per heavy atom. The molecule has 1 aliphatic carbocycles. The lowest BCUT2D eigenvalue weighted by Crippen LogP contribution is -2.25. The lowest BCUT2D eigenvalue weighted by molar-refractivity contribution is 0.0931. The van der Waals surface area contributed by atoms with Gasteiger partial charge in [-0.2, -0.15) is 0 Å². The summed E-state index contributed by atoms with van der Waals surface area (Å²) in [4.78, 5) is 11.4. The van der Waals surface area contributed by atoms with Crippen molar-refractivity contribution in [3.8, 4) is 0 Å². The average Bonchev–Trinajstić information content (AvgIpc) is 2.13. The highest BCUT2D eigenvalue weighted by Crippen LogP contribution is 2.29. The van der Waals surface area contributed by atoms with Crippen LogP contribution in [0.2, 0.25) is 0 Å². The van der Waals surface area contributed by atoms with E-state index in [2.05, 4.69) is 0 Å². The number of hydrogen-bond donors (Lipinski definition) is 1. The fourth-order valence-corrected chi connectivity index (χ4v) is 1.56. The number of ketones is 1. The molecule has 1 aromatic carbocycles. The molecule has 2 nitrogen and oxygen atoms in total. The molecule has 1 unspecified atom stereocenters. The molecule has 0 radical (unpaired) electrons. The minimum absolute atomic E-state index is 0.0397. The zero-order valence-corrected chi connectivity index (χ0v) is 7.32. The molecule has 0 saturated heterocycles. The molecule has 66 valence electrons. The minimum atomic E-state index is -1.01. The summed E-state index contributed by atoms with van der Waals surface area (Å²) >= 11 is 0. The highest BCUT2D eigenvalue weighted by atomic mass is 16.3. The Balaban J connectivity index is 2.68. The van der Waals surface area contributed by atoms with Gasteiger partial charge in [0.05, 0.1) is 0 Å². The van der Waals surface area contributed by atoms with E-state index in [0.29, 0.717) is 11.1 Å². The summed E-state index contributed by atoms with van der Waals surface area (Å²) in [5.74, 6) is -0.0397. The molecule has 0 spiro atoms. The first kappa shape index (κ1) is 8.20. The third-order valence-corrected chi connectivity index (χ3v) is 2.30. The molecular weight excluding hydrogens is 164 g/mol. The van der Waals surface area contributed by atoms with E-state index in [9.17, 15) is 9.90 Å². The van der Waals surface area contributed by atoms with E-state index >= 15 is 0 Å². The molecule has 0 fully saturated rings. The Morgan fingerprint density at radius 2 is 2.00 bits per heavy atom. The largest absolute Gasteiger partial charge is 0.381 e. The van der Waals surface area contributed by atoms with Gasteiger partial charge < -0.3 is 5.11 Å². The van der Waals surface area contributed by atoms with Gasteiger partial charge in [0.1, 0.15) is 5.60 Å². The van der Waals surface area contributed by atoms with Crippen LogP contribution in [0.15, 0.2) is 36.4 Å². The second kappa shape index (κ2) is 2.54. The molecule has 1 N–H and O–H groups in total. The van der Waals surface area contributed by atoms with E-state index in [1.165, 1.54) is 12.2 Å². The number of hydrogen-bond acceptors (Lipinski definition) is 2. The van der Waals surface area contributed by atoms with Gasteiger partial charge in [-0.15, -0.1) is 0 Å². The average molecular weight is 174 g/mol. The van der Waals surface area contributed by atoms with Crippen LogP contribution in [0.5, 0.6) is 0 Å². The molecule has 1 aromatic rings. The molecule has 0 aliphatic heterocycles. The number of allylic oxidation sites excluding steroid dienone is 1. The van der Waals surface area contributed by atoms with Crippen molar-refractivity contribution in [3.63, 3.8) is 0 Å². The van der Waals surface area contributed by atoms with Gasteiger partial charge in [-0.25, -0.2) is 0 Å². The maximum absolute atomic E-state index is 11.4. The molecule has 2 rings (SSSR count). The Morgan fingerprint density at radius 1 is 1.31 bits per heavy atom. The van der Waals surface area contributed by atoms with E-state index in [4.69, 9.17) is 0 Å². The second-order valence-corrected chi connectivity index (χ2v) is 3.39. The lowest BCUT2D eigenvalue weighted by atomic mass is 9.85. The smallest absolute Gasteiger partial charge is 0.186 e. The summed E-state index contributed by atoms with van der Waals surface area (Å²) in [5, 5.41) is 9.91. The molecule has 0 saturated carbocycles. The normalized spacial score (nSPS) is 25.8. The summed E-state index contributed by atoms with van der Waals surface area (Å²) < 4.78 is 0. The van der Waals surface area contributed by atoms with Crippen molar-refractivity contribution in [3.05, 3.63) is 47.5 Å². The van der Waals surface area contributed by atoms with Crippen LogP contribution >= 0.6 is 0 Å². The number of carbonyl (C=O) groups is 1. The molecule has 13 heavy (non-hydrogen) atoms. The zero-order chi connectivity index (χ0) is 9.47. The number of rotatable bonds is 0. The fraction of sp³-hybridized carbons (Fsp3) is 0.182. The molecule has 1 aliphatic rings. The number of fused-ring (bicyclic) bond motifs is 1. The standard InChI is InChI=1S/C11H10O2/c1-11(13)7-6-10(12)8-4-2-3-5-9(8)11/h2-7,13H,1H3. The van der Waals surface area contributed by atoms with E-state index in [1.54, 1.807) is 25.1 Å². The topological polar surface area (TPSA) is 37.3 Å². The Kier molecular flexibility index (Phi) is 1.60. The van der Waals surface area contributed by atoms with Crippen molar-refractivity contribution in [1.29, 1.82) is 0 Å². The van der Waals surface area contributed by atoms with Crippen molar-refractivity contribution in [2.75, 3.05) is 0 Å². The summed E-state index contributed by atoms with van der Waals surface area (Å²) in [5.41, 5.74) is 0.266. The lowest BCUT2D eigenvalue weighted by Gasteiger charge is -2.25. The molecule has 0 heterocycles. The Hall–Kier alpha value is -1.41. The first-order valence-electron chi connectivity index (χ1n) is 4.17. The van der Waals surface area contributed by atoms with Gasteiger partial charge in [0.25, 0.3) is 0 Å². The van der Waals surface area contributed by atoms with Gasteiger partial charge in [-0.3, -0.25) is 4.79 Å². The van der Waals surface area contributed by atoms with Crippen LogP contribution in [-0.2, 0) is 5.60 Å². The summed E-state index contributed by atoms with van der Waals surface area (Å²) in [6, 6.07) is 7.12. The highest BCUT2D eigenvalue weighted by Gasteiger charge is 2.28. The first-order chi connectivity index (χ1) is 6.11. The van der Waals surface area contributed by atoms with Crippen molar-refractivity contribution in [2.24, 2.45) is 0 Å². The maximum atomic E-state index is 11.4. The summed E-state index contributed by atoms with van der Waals surface area (Å²) in [6.45, 7) is 1.68. The van der Waals surface area contributed by atoms with E-state index in [-0.39, 0.29) is 5.78 Å². The quantitative estimate of drug-likeness (QED) is 0.649. The fourth-order valence-electron chi connectivity index (χ4n) is 1.56. The highest BCUT2D eigenvalue weighted by molar-refractivity contribution is 6.07. The van der Waals surface area contributed by atoms with E-state index in [1.807, 2.05) is 6.07 Å². The molecule has 0 aromatic heterocycles. The van der Waals surface area contributed by atoms with Gasteiger partial charge in [0.2, 0.25) is 0 Å². The van der Waals surface area contributed by atoms with E-state index in [0.717, 1.165) is 0 Å². The monoisotopic (exact) mass is 174 g/mol. The van der Waals surface area contributed by atoms with Crippen molar-refractivity contribution in [1.82, 2.24) is 0 Å². The van der Waals surface area contributed by atoms with Crippen molar-refractivity contribution >= 4 is 5.78 Å². The minimum Gasteiger partial charge on any atom is -0.381 e. The molecular formula is C11H10O2. The van der Waals surface area contributed by atoms with E-state index < -0.39 is 5.60 Å². The number of aliphatic hydroxyl groups is 1. The summed E-state index contributed by atoms with van der Waals surface area (Å²) in [6.07, 6.45) is 2.94. The third kappa shape index (κ3) is 1.19. The van der Waals surface area contributed by atoms with Crippen LogP contribution in [0.4, 0.5) is 0 Å². The van der Waals surface area contributed by atoms with Gasteiger partial charge in [0.15, 0.2) is 5.78 Å². The van der Waals surface area contributed by atoms with Crippen LogP contribution < -0.4 is 0 Å². The number of benzene rings is 1. The van der Waals surface area contributed by atoms with Crippen LogP contribution in [-0.4, -0.2) is 10.9 Å². The summed E-state index contributed by atoms with van der Waals surface area (Å²) in [7, 11) is 0. The Bertz CT molecular complexity index is 389. The second-order valence-electron chi connectivity index (χ2n) is 3.39. The van der Waals surface area contributed by atoms with Gasteiger partial charge in [-0.05, 0) is 24.6 Å². The molecule has 0 bridgehead atoms. The van der Waals surface area contributed by atoms with Gasteiger partial charge in [0, 0.05) is 5.56 Å². The SMILES string of the molecule is CC1(O)C=CC(=O)c2ccccc21. The Labute approximate surface area is 76.5 Å². The van der Waals surface area contributed by atoms with Crippen LogP contribution in [0, 0.1) is 0 Å². The van der Waals surface area contributed by atoms with Gasteiger partial charge in [-0.1, -0.05) is 24.3 Å². The first-order valence-corrected chi connectivity index (χ1v) is 4.17. The molecule has 0 amide bonds. The molecule has 2 heteroatoms. The number of carbonyl (C=O) groups excluding carboxylic acids is 1. The van der Waals surface area contributed by atoms with Crippen molar-refractivity contribution in [2.45, 2.75) is 12.5 Å². The maximum Gasteiger partial charge on any atom is 0.186 e. The third-order valence-electron chi connectivity index (χ3n) is 2.30. The van der Waals surface area contributed by atoms with Gasteiger partial charge >= 0.3 is 0 Å². The molecule has 1 atom stereocenters. The van der Waals surface area contributed by atoms with Crippen LogP contribution in [0.25, 0.3) is 0 Å².